The van der Waals surface area contributed by atoms with Crippen LogP contribution in [-0.2, 0) is 30.7 Å². The Kier molecular flexibility index (Phi) is 6.53. The van der Waals surface area contributed by atoms with Crippen molar-refractivity contribution in [3.8, 4) is 11.3 Å². The summed E-state index contributed by atoms with van der Waals surface area (Å²) in [5.41, 5.74) is 0.573. The van der Waals surface area contributed by atoms with Crippen LogP contribution >= 0.6 is 0 Å². The number of carbonyl (C=O) groups excluding carboxylic acids is 3. The number of hydrogen-bond donors (Lipinski definition) is 0. The number of aromatic nitrogens is 3. The van der Waals surface area contributed by atoms with Crippen LogP contribution < -0.4 is 34.7 Å². The molecule has 13 heteroatoms. The fourth-order valence-electron chi connectivity index (χ4n) is 4.21. The van der Waals surface area contributed by atoms with Crippen molar-refractivity contribution in [2.45, 2.75) is 43.0 Å². The molecule has 3 atom stereocenters. The van der Waals surface area contributed by atoms with Gasteiger partial charge in [-0.05, 0) is 13.8 Å². The largest absolute Gasteiger partial charge is 1.00 e. The van der Waals surface area contributed by atoms with Gasteiger partial charge < -0.3 is 19.5 Å². The van der Waals surface area contributed by atoms with E-state index in [4.69, 9.17) is 4.74 Å². The summed E-state index contributed by atoms with van der Waals surface area (Å²) < 4.78 is 30.6. The van der Waals surface area contributed by atoms with E-state index < -0.39 is 50.4 Å². The Morgan fingerprint density at radius 3 is 2.50 bits per heavy atom. The Labute approximate surface area is 205 Å². The Morgan fingerprint density at radius 2 is 1.94 bits per heavy atom. The minimum atomic E-state index is -4.09. The van der Waals surface area contributed by atoms with Crippen molar-refractivity contribution < 1.29 is 62.2 Å². The molecule has 0 spiro atoms. The first-order chi connectivity index (χ1) is 14.6. The number of sulfone groups is 1. The van der Waals surface area contributed by atoms with E-state index in [1.165, 1.54) is 11.6 Å². The zero-order valence-electron chi connectivity index (χ0n) is 17.7. The number of benzene rings is 1. The molecule has 0 unspecified atom stereocenters. The maximum atomic E-state index is 13.2. The van der Waals surface area contributed by atoms with Crippen LogP contribution in [-0.4, -0.2) is 68.9 Å². The maximum Gasteiger partial charge on any atom is 1.00 e. The van der Waals surface area contributed by atoms with Gasteiger partial charge in [-0.2, -0.15) is 0 Å². The Bertz CT molecular complexity index is 1180. The number of ether oxygens (including phenoxy) is 1. The molecule has 0 radical (unpaired) electrons. The minimum absolute atomic E-state index is 0. The number of aliphatic carboxylic acids is 1. The molecule has 2 fully saturated rings. The van der Waals surface area contributed by atoms with Crippen LogP contribution in [0.5, 0.6) is 0 Å². The van der Waals surface area contributed by atoms with Crippen LogP contribution in [0.1, 0.15) is 30.8 Å². The second-order valence-electron chi connectivity index (χ2n) is 7.57. The number of fused-ring (bicyclic) bond motifs is 1. The van der Waals surface area contributed by atoms with Crippen molar-refractivity contribution in [1.29, 1.82) is 0 Å². The Balaban J connectivity index is 0.00000289. The smallest absolute Gasteiger partial charge is 0.548 e. The van der Waals surface area contributed by atoms with Crippen molar-refractivity contribution in [2.24, 2.45) is 0 Å². The van der Waals surface area contributed by atoms with Crippen LogP contribution in [0, 0.1) is 0 Å². The molecule has 2 saturated heterocycles. The van der Waals surface area contributed by atoms with E-state index in [-0.39, 0.29) is 54.0 Å². The first-order valence-electron chi connectivity index (χ1n) is 9.55. The predicted octanol–water partition coefficient (Wildman–Crippen LogP) is -4.01. The van der Waals surface area contributed by atoms with Gasteiger partial charge in [-0.1, -0.05) is 35.5 Å². The summed E-state index contributed by atoms with van der Waals surface area (Å²) in [4.78, 5) is 37.1. The van der Waals surface area contributed by atoms with Crippen LogP contribution in [0.4, 0.5) is 0 Å². The maximum absolute atomic E-state index is 13.2. The molecule has 1 aromatic heterocycles. The molecular formula is C19H19N4NaO7S. The van der Waals surface area contributed by atoms with Gasteiger partial charge in [-0.3, -0.25) is 4.79 Å². The first-order valence-corrected chi connectivity index (χ1v) is 11.1. The number of carboxylic acids is 1. The van der Waals surface area contributed by atoms with Crippen LogP contribution in [0.15, 0.2) is 30.3 Å². The summed E-state index contributed by atoms with van der Waals surface area (Å²) in [7, 11) is -4.09. The monoisotopic (exact) mass is 470 g/mol. The summed E-state index contributed by atoms with van der Waals surface area (Å²) in [5.74, 6) is -2.99. The number of esters is 1. The van der Waals surface area contributed by atoms with Gasteiger partial charge >= 0.3 is 35.5 Å². The van der Waals surface area contributed by atoms with Gasteiger partial charge in [-0.25, -0.2) is 17.9 Å². The fraction of sp³-hybridized carbons (Fsp3) is 0.421. The van der Waals surface area contributed by atoms with Crippen molar-refractivity contribution in [3.63, 3.8) is 0 Å². The summed E-state index contributed by atoms with van der Waals surface area (Å²) in [6.45, 7) is 2.51. The van der Waals surface area contributed by atoms with Crippen molar-refractivity contribution in [3.05, 3.63) is 36.0 Å². The molecule has 2 aromatic rings. The number of nitrogens with zero attached hydrogens (tertiary/aromatic N) is 4. The molecule has 1 aromatic carbocycles. The van der Waals surface area contributed by atoms with E-state index in [9.17, 15) is 27.9 Å². The number of amides is 1. The molecule has 4 rings (SSSR count). The third-order valence-electron chi connectivity index (χ3n) is 5.75. The van der Waals surface area contributed by atoms with E-state index in [1.807, 2.05) is 0 Å². The van der Waals surface area contributed by atoms with Gasteiger partial charge in [0, 0.05) is 5.56 Å². The molecule has 11 nitrogen and oxygen atoms in total. The third-order valence-corrected chi connectivity index (χ3v) is 8.51. The average molecular weight is 470 g/mol. The van der Waals surface area contributed by atoms with Gasteiger partial charge in [0.05, 0.1) is 31.6 Å². The van der Waals surface area contributed by atoms with Crippen molar-refractivity contribution >= 4 is 27.7 Å². The number of hydrogen-bond acceptors (Lipinski definition) is 9. The zero-order valence-corrected chi connectivity index (χ0v) is 20.5. The van der Waals surface area contributed by atoms with Gasteiger partial charge in [0.25, 0.3) is 0 Å². The topological polar surface area (TPSA) is 152 Å². The third kappa shape index (κ3) is 3.45. The van der Waals surface area contributed by atoms with Crippen LogP contribution in [0.25, 0.3) is 11.3 Å². The number of rotatable bonds is 6. The van der Waals surface area contributed by atoms with E-state index in [0.29, 0.717) is 5.56 Å². The number of β-lactam (4-membered cyclic amide) rings is 1. The molecule has 164 valence electrons. The van der Waals surface area contributed by atoms with E-state index in [1.54, 1.807) is 37.3 Å². The van der Waals surface area contributed by atoms with Gasteiger partial charge in [0.2, 0.25) is 5.91 Å². The predicted molar refractivity (Wildman–Crippen MR) is 103 cm³/mol. The fourth-order valence-corrected chi connectivity index (χ4v) is 6.56. The minimum Gasteiger partial charge on any atom is -0.548 e. The van der Waals surface area contributed by atoms with E-state index >= 15 is 0 Å². The number of carboxylic acid groups (broad SMARTS) is 1. The molecule has 2 aliphatic heterocycles. The Morgan fingerprint density at radius 1 is 1.28 bits per heavy atom. The van der Waals surface area contributed by atoms with E-state index in [0.717, 1.165) is 4.90 Å². The Hall–Kier alpha value is -2.28. The second-order valence-corrected chi connectivity index (χ2v) is 10.1. The summed E-state index contributed by atoms with van der Waals surface area (Å²) in [6.07, 6.45) is -0.279. The van der Waals surface area contributed by atoms with Crippen LogP contribution in [0.2, 0.25) is 0 Å². The molecule has 1 amide bonds. The quantitative estimate of drug-likeness (QED) is 0.234. The van der Waals surface area contributed by atoms with Gasteiger partial charge in [0.1, 0.15) is 15.8 Å². The SMILES string of the molecule is CCOC(=O)c1nnn(C[C@@]2(C)[C@H](C(=O)[O-])N3C(=O)C[C@H]3S2(=O)=O)c1-c1ccccc1.[Na+]. The normalized spacial score (nSPS) is 25.4. The van der Waals surface area contributed by atoms with Crippen LogP contribution in [0.3, 0.4) is 0 Å². The second kappa shape index (κ2) is 8.58. The molecular weight excluding hydrogens is 451 g/mol. The molecule has 2 aliphatic rings. The molecule has 0 aliphatic carbocycles. The molecule has 3 heterocycles. The van der Waals surface area contributed by atoms with Gasteiger partial charge in [0.15, 0.2) is 15.5 Å². The zero-order chi connectivity index (χ0) is 22.6. The average Bonchev–Trinajstić information content (AvgIpc) is 3.18. The molecule has 32 heavy (non-hydrogen) atoms. The summed E-state index contributed by atoms with van der Waals surface area (Å²) in [6, 6.07) is 6.84. The number of carbonyl (C=O) groups is 3. The van der Waals surface area contributed by atoms with Crippen molar-refractivity contribution in [2.75, 3.05) is 6.61 Å². The molecule has 0 N–H and O–H groups in total. The van der Waals surface area contributed by atoms with Gasteiger partial charge in [-0.15, -0.1) is 5.10 Å². The first kappa shape index (κ1) is 24.4. The summed E-state index contributed by atoms with van der Waals surface area (Å²) in [5, 5.41) is 18.5. The molecule has 0 saturated carbocycles. The summed E-state index contributed by atoms with van der Waals surface area (Å²) >= 11 is 0. The standard InChI is InChI=1S/C19H20N4O7S.Na/c1-3-30-18(27)14-15(11-7-5-4-6-8-11)22(21-20-14)10-19(2)16(17(25)26)23-12(24)9-13(23)31(19,28)29;/h4-8,13,16H,3,9-10H2,1-2H3,(H,25,26);/q;+1/p-1/t13-,16+,19+;/m1./s1. The van der Waals surface area contributed by atoms with Crippen molar-refractivity contribution in [1.82, 2.24) is 19.9 Å². The molecule has 0 bridgehead atoms. The van der Waals surface area contributed by atoms with E-state index in [2.05, 4.69) is 10.3 Å².